The van der Waals surface area contributed by atoms with E-state index in [1.165, 1.54) is 5.56 Å². The van der Waals surface area contributed by atoms with Crippen LogP contribution in [0.2, 0.25) is 0 Å². The number of benzene rings is 2. The van der Waals surface area contributed by atoms with Crippen LogP contribution >= 0.6 is 0 Å². The lowest BCUT2D eigenvalue weighted by molar-refractivity contribution is 0.100. The lowest BCUT2D eigenvalue weighted by Gasteiger charge is -2.03. The monoisotopic (exact) mass is 322 g/mol. The van der Waals surface area contributed by atoms with E-state index in [2.05, 4.69) is 34.5 Å². The maximum absolute atomic E-state index is 11.0. The normalized spacial score (nSPS) is 10.5. The number of hydrogen-bond acceptors (Lipinski definition) is 5. The van der Waals surface area contributed by atoms with Gasteiger partial charge in [-0.25, -0.2) is 0 Å². The van der Waals surface area contributed by atoms with Gasteiger partial charge in [0.1, 0.15) is 0 Å². The van der Waals surface area contributed by atoms with Crippen LogP contribution in [0.4, 0.5) is 5.69 Å². The second kappa shape index (κ2) is 6.95. The zero-order chi connectivity index (χ0) is 16.9. The Morgan fingerprint density at radius 1 is 1.12 bits per heavy atom. The second-order valence-electron chi connectivity index (χ2n) is 5.36. The molecule has 2 aromatic carbocycles. The number of hydrogen-bond donors (Lipinski definition) is 2. The number of anilines is 1. The average molecular weight is 322 g/mol. The van der Waals surface area contributed by atoms with E-state index in [4.69, 9.17) is 10.3 Å². The standard InChI is InChI=1S/C18H18N4O2/c1-2-12-3-5-14(6-4-12)18-21-16(24-22-18)11-20-15-9-7-13(8-10-15)17(19)23/h3-10,20H,2,11H2,1H3,(H2,19,23). The molecule has 3 N–H and O–H groups in total. The summed E-state index contributed by atoms with van der Waals surface area (Å²) in [6.45, 7) is 2.51. The molecule has 0 unspecified atom stereocenters. The van der Waals surface area contributed by atoms with Gasteiger partial charge in [0.2, 0.25) is 17.6 Å². The summed E-state index contributed by atoms with van der Waals surface area (Å²) in [6.07, 6.45) is 0.996. The number of amides is 1. The minimum atomic E-state index is -0.447. The van der Waals surface area contributed by atoms with Gasteiger partial charge >= 0.3 is 0 Å². The summed E-state index contributed by atoms with van der Waals surface area (Å²) in [4.78, 5) is 15.4. The first-order valence-corrected chi connectivity index (χ1v) is 7.71. The number of carbonyl (C=O) groups excluding carboxylic acids is 1. The molecule has 1 aromatic heterocycles. The minimum Gasteiger partial charge on any atom is -0.376 e. The Kier molecular flexibility index (Phi) is 4.56. The number of nitrogens with one attached hydrogen (secondary N) is 1. The molecule has 0 fully saturated rings. The number of nitrogens with two attached hydrogens (primary N) is 1. The quantitative estimate of drug-likeness (QED) is 0.727. The Morgan fingerprint density at radius 2 is 1.83 bits per heavy atom. The first-order valence-electron chi connectivity index (χ1n) is 7.71. The highest BCUT2D eigenvalue weighted by Gasteiger charge is 2.08. The van der Waals surface area contributed by atoms with Crippen molar-refractivity contribution in [3.8, 4) is 11.4 Å². The molecule has 1 amide bonds. The Morgan fingerprint density at radius 3 is 2.46 bits per heavy atom. The van der Waals surface area contributed by atoms with E-state index in [1.54, 1.807) is 24.3 Å². The van der Waals surface area contributed by atoms with Gasteiger partial charge in [0.05, 0.1) is 6.54 Å². The van der Waals surface area contributed by atoms with Crippen molar-refractivity contribution in [3.63, 3.8) is 0 Å². The lowest BCUT2D eigenvalue weighted by Crippen LogP contribution is -2.10. The van der Waals surface area contributed by atoms with E-state index >= 15 is 0 Å². The third kappa shape index (κ3) is 3.60. The molecule has 6 nitrogen and oxygen atoms in total. The first kappa shape index (κ1) is 15.7. The van der Waals surface area contributed by atoms with Gasteiger partial charge in [0.15, 0.2) is 0 Å². The van der Waals surface area contributed by atoms with Gasteiger partial charge in [-0.2, -0.15) is 4.98 Å². The Hall–Kier alpha value is -3.15. The first-order chi connectivity index (χ1) is 11.7. The zero-order valence-corrected chi connectivity index (χ0v) is 13.3. The van der Waals surface area contributed by atoms with Crippen molar-refractivity contribution >= 4 is 11.6 Å². The largest absolute Gasteiger partial charge is 0.376 e. The minimum absolute atomic E-state index is 0.399. The van der Waals surface area contributed by atoms with Gasteiger partial charge in [-0.15, -0.1) is 0 Å². The molecular weight excluding hydrogens is 304 g/mol. The third-order valence-corrected chi connectivity index (χ3v) is 3.70. The number of rotatable bonds is 6. The zero-order valence-electron chi connectivity index (χ0n) is 13.3. The van der Waals surface area contributed by atoms with Crippen LogP contribution in [0.15, 0.2) is 53.1 Å². The molecule has 0 spiro atoms. The molecule has 0 bridgehead atoms. The molecule has 0 aliphatic carbocycles. The molecule has 122 valence electrons. The van der Waals surface area contributed by atoms with Crippen molar-refractivity contribution in [3.05, 3.63) is 65.5 Å². The van der Waals surface area contributed by atoms with Crippen molar-refractivity contribution in [2.75, 3.05) is 5.32 Å². The van der Waals surface area contributed by atoms with Crippen LogP contribution in [0.3, 0.4) is 0 Å². The van der Waals surface area contributed by atoms with Crippen LogP contribution in [-0.4, -0.2) is 16.0 Å². The van der Waals surface area contributed by atoms with E-state index in [0.717, 1.165) is 17.7 Å². The summed E-state index contributed by atoms with van der Waals surface area (Å²) < 4.78 is 5.26. The highest BCUT2D eigenvalue weighted by Crippen LogP contribution is 2.17. The fourth-order valence-corrected chi connectivity index (χ4v) is 2.26. The molecule has 3 rings (SSSR count). The summed E-state index contributed by atoms with van der Waals surface area (Å²) in [5, 5.41) is 7.17. The van der Waals surface area contributed by atoms with Crippen LogP contribution in [-0.2, 0) is 13.0 Å². The average Bonchev–Trinajstić information content (AvgIpc) is 3.09. The molecule has 3 aromatic rings. The van der Waals surface area contributed by atoms with Gasteiger partial charge in [-0.3, -0.25) is 4.79 Å². The number of nitrogens with zero attached hydrogens (tertiary/aromatic N) is 2. The SMILES string of the molecule is CCc1ccc(-c2noc(CNc3ccc(C(N)=O)cc3)n2)cc1. The van der Waals surface area contributed by atoms with Crippen LogP contribution in [0, 0.1) is 0 Å². The molecular formula is C18H18N4O2. The fraction of sp³-hybridized carbons (Fsp3) is 0.167. The molecule has 0 atom stereocenters. The predicted molar refractivity (Wildman–Crippen MR) is 91.4 cm³/mol. The molecule has 0 aliphatic heterocycles. The van der Waals surface area contributed by atoms with E-state index < -0.39 is 5.91 Å². The van der Waals surface area contributed by atoms with E-state index in [-0.39, 0.29) is 0 Å². The van der Waals surface area contributed by atoms with E-state index in [9.17, 15) is 4.79 Å². The highest BCUT2D eigenvalue weighted by molar-refractivity contribution is 5.93. The van der Waals surface area contributed by atoms with Crippen LogP contribution in [0.5, 0.6) is 0 Å². The van der Waals surface area contributed by atoms with Gasteiger partial charge in [-0.1, -0.05) is 36.3 Å². The molecule has 24 heavy (non-hydrogen) atoms. The highest BCUT2D eigenvalue weighted by atomic mass is 16.5. The fourth-order valence-electron chi connectivity index (χ4n) is 2.26. The van der Waals surface area contributed by atoms with Gasteiger partial charge in [-0.05, 0) is 36.2 Å². The molecule has 0 saturated heterocycles. The van der Waals surface area contributed by atoms with Crippen LogP contribution < -0.4 is 11.1 Å². The van der Waals surface area contributed by atoms with Crippen molar-refractivity contribution in [2.45, 2.75) is 19.9 Å². The smallest absolute Gasteiger partial charge is 0.248 e. The predicted octanol–water partition coefficient (Wildman–Crippen LogP) is 3.01. The van der Waals surface area contributed by atoms with Crippen molar-refractivity contribution in [2.24, 2.45) is 5.73 Å². The van der Waals surface area contributed by atoms with Gasteiger partial charge in [0.25, 0.3) is 0 Å². The number of aryl methyl sites for hydroxylation is 1. The maximum Gasteiger partial charge on any atom is 0.248 e. The summed E-state index contributed by atoms with van der Waals surface area (Å²) in [7, 11) is 0. The number of primary amides is 1. The summed E-state index contributed by atoms with van der Waals surface area (Å²) in [6, 6.07) is 15.0. The van der Waals surface area contributed by atoms with Crippen molar-refractivity contribution < 1.29 is 9.32 Å². The van der Waals surface area contributed by atoms with Crippen molar-refractivity contribution in [1.29, 1.82) is 0 Å². The molecule has 6 heteroatoms. The maximum atomic E-state index is 11.0. The number of carbonyl (C=O) groups is 1. The molecule has 0 saturated carbocycles. The second-order valence-corrected chi connectivity index (χ2v) is 5.36. The van der Waals surface area contributed by atoms with E-state index in [1.807, 2.05) is 12.1 Å². The molecule has 0 radical (unpaired) electrons. The third-order valence-electron chi connectivity index (χ3n) is 3.70. The summed E-state index contributed by atoms with van der Waals surface area (Å²) in [5.74, 6) is 0.610. The van der Waals surface area contributed by atoms with Gasteiger partial charge < -0.3 is 15.6 Å². The van der Waals surface area contributed by atoms with Gasteiger partial charge in [0, 0.05) is 16.8 Å². The number of aromatic nitrogens is 2. The summed E-state index contributed by atoms with van der Waals surface area (Å²) >= 11 is 0. The van der Waals surface area contributed by atoms with E-state index in [0.29, 0.717) is 23.8 Å². The summed E-state index contributed by atoms with van der Waals surface area (Å²) in [5.41, 5.74) is 8.71. The van der Waals surface area contributed by atoms with Crippen LogP contribution in [0.25, 0.3) is 11.4 Å². The molecule has 1 heterocycles. The topological polar surface area (TPSA) is 94.0 Å². The van der Waals surface area contributed by atoms with Crippen LogP contribution in [0.1, 0.15) is 28.7 Å². The lowest BCUT2D eigenvalue weighted by atomic mass is 10.1. The Labute approximate surface area is 139 Å². The molecule has 0 aliphatic rings. The Balaban J connectivity index is 1.64. The van der Waals surface area contributed by atoms with Crippen molar-refractivity contribution in [1.82, 2.24) is 10.1 Å². The Bertz CT molecular complexity index is 823.